The highest BCUT2D eigenvalue weighted by molar-refractivity contribution is 7.71. The van der Waals surface area contributed by atoms with Crippen LogP contribution in [0.1, 0.15) is 38.5 Å². The highest BCUT2D eigenvalue weighted by Crippen LogP contribution is 2.34. The number of ether oxygens (including phenoxy) is 1. The second-order valence-electron chi connectivity index (χ2n) is 6.94. The first-order valence-corrected chi connectivity index (χ1v) is 9.35. The van der Waals surface area contributed by atoms with E-state index in [2.05, 4.69) is 38.6 Å². The van der Waals surface area contributed by atoms with Crippen molar-refractivity contribution in [3.63, 3.8) is 0 Å². The molecule has 2 aliphatic rings. The average molecular weight is 343 g/mol. The van der Waals surface area contributed by atoms with Gasteiger partial charge in [-0.25, -0.2) is 0 Å². The molecule has 2 aliphatic carbocycles. The van der Waals surface area contributed by atoms with Crippen molar-refractivity contribution < 1.29 is 4.74 Å². The van der Waals surface area contributed by atoms with Crippen LogP contribution in [0, 0.1) is 4.77 Å². The van der Waals surface area contributed by atoms with E-state index in [0.29, 0.717) is 0 Å². The van der Waals surface area contributed by atoms with Crippen molar-refractivity contribution >= 4 is 12.2 Å². The molecular weight excluding hydrogens is 318 g/mol. The topological polar surface area (TPSA) is 22.3 Å². The Hall–Kier alpha value is -1.59. The van der Waals surface area contributed by atoms with Gasteiger partial charge in [-0.05, 0) is 62.2 Å². The van der Waals surface area contributed by atoms with Gasteiger partial charge in [-0.1, -0.05) is 12.8 Å². The van der Waals surface area contributed by atoms with Crippen molar-refractivity contribution in [2.45, 2.75) is 57.3 Å². The number of imidazole rings is 1. The van der Waals surface area contributed by atoms with Crippen molar-refractivity contribution in [3.8, 4) is 11.4 Å². The van der Waals surface area contributed by atoms with Crippen LogP contribution in [-0.2, 0) is 6.67 Å². The maximum atomic E-state index is 5.74. The third-order valence-electron chi connectivity index (χ3n) is 5.32. The summed E-state index contributed by atoms with van der Waals surface area (Å²) in [6.45, 7) is 0.928. The van der Waals surface area contributed by atoms with Crippen LogP contribution in [0.15, 0.2) is 36.7 Å². The van der Waals surface area contributed by atoms with Crippen LogP contribution >= 0.6 is 12.2 Å². The van der Waals surface area contributed by atoms with Gasteiger partial charge in [0, 0.05) is 30.2 Å². The van der Waals surface area contributed by atoms with Crippen LogP contribution in [-0.4, -0.2) is 33.2 Å². The van der Waals surface area contributed by atoms with Crippen molar-refractivity contribution in [2.24, 2.45) is 0 Å². The summed E-state index contributed by atoms with van der Waals surface area (Å²) in [5.74, 6) is 0.867. The second kappa shape index (κ2) is 6.73. The molecule has 0 spiro atoms. The van der Waals surface area contributed by atoms with Gasteiger partial charge < -0.3 is 9.30 Å². The van der Waals surface area contributed by atoms with Crippen LogP contribution in [0.2, 0.25) is 0 Å². The van der Waals surface area contributed by atoms with Gasteiger partial charge in [0.25, 0.3) is 0 Å². The van der Waals surface area contributed by atoms with Crippen LogP contribution in [0.25, 0.3) is 5.69 Å². The first-order valence-electron chi connectivity index (χ1n) is 8.94. The third-order valence-corrected chi connectivity index (χ3v) is 5.75. The zero-order valence-corrected chi connectivity index (χ0v) is 15.0. The third kappa shape index (κ3) is 3.15. The molecule has 2 saturated carbocycles. The fourth-order valence-electron chi connectivity index (χ4n) is 3.81. The summed E-state index contributed by atoms with van der Waals surface area (Å²) in [6.07, 6.45) is 12.4. The number of hydrogen-bond donors (Lipinski definition) is 0. The first kappa shape index (κ1) is 15.9. The maximum absolute atomic E-state index is 5.74. The van der Waals surface area contributed by atoms with E-state index >= 15 is 0 Å². The summed E-state index contributed by atoms with van der Waals surface area (Å²) in [6, 6.07) is 9.58. The summed E-state index contributed by atoms with van der Waals surface area (Å²) in [5.41, 5.74) is 1.08. The van der Waals surface area contributed by atoms with E-state index in [9.17, 15) is 0 Å². The van der Waals surface area contributed by atoms with E-state index in [0.717, 1.165) is 35.0 Å². The smallest absolute Gasteiger partial charge is 0.185 e. The highest BCUT2D eigenvalue weighted by atomic mass is 32.1. The van der Waals surface area contributed by atoms with E-state index in [1.807, 2.05) is 12.1 Å². The Morgan fingerprint density at radius 2 is 1.71 bits per heavy atom. The largest absolute Gasteiger partial charge is 0.497 e. The maximum Gasteiger partial charge on any atom is 0.185 e. The van der Waals surface area contributed by atoms with Crippen molar-refractivity contribution in [3.05, 3.63) is 41.4 Å². The number of benzene rings is 1. The second-order valence-corrected chi connectivity index (χ2v) is 7.31. The van der Waals surface area contributed by atoms with Gasteiger partial charge in [0.15, 0.2) is 4.77 Å². The molecule has 128 valence electrons. The Bertz CT molecular complexity index is 739. The van der Waals surface area contributed by atoms with E-state index in [1.165, 1.54) is 38.5 Å². The summed E-state index contributed by atoms with van der Waals surface area (Å²) >= 11 is 5.74. The Kier molecular flexibility index (Phi) is 4.46. The van der Waals surface area contributed by atoms with Gasteiger partial charge in [0.05, 0.1) is 13.8 Å². The van der Waals surface area contributed by atoms with E-state index < -0.39 is 0 Å². The summed E-state index contributed by atoms with van der Waals surface area (Å²) in [7, 11) is 1.69. The monoisotopic (exact) mass is 343 g/mol. The SMILES string of the molecule is COc1ccc(-n2ccn(CN(C3CCCC3)C3CC3)c2=S)cc1. The average Bonchev–Trinajstić information content (AvgIpc) is 3.18. The number of methoxy groups -OCH3 is 1. The van der Waals surface area contributed by atoms with Gasteiger partial charge in [-0.3, -0.25) is 9.47 Å². The predicted molar refractivity (Wildman–Crippen MR) is 98.3 cm³/mol. The molecule has 2 aromatic rings. The van der Waals surface area contributed by atoms with Gasteiger partial charge in [-0.2, -0.15) is 0 Å². The molecule has 0 aliphatic heterocycles. The summed E-state index contributed by atoms with van der Waals surface area (Å²) in [4.78, 5) is 2.70. The zero-order valence-electron chi connectivity index (χ0n) is 14.2. The standard InChI is InChI=1S/C19H25N3OS/c1-23-18-10-8-16(9-11-18)21-13-12-20(19(21)24)14-22(17-6-7-17)15-4-2-3-5-15/h8-13,15,17H,2-7,14H2,1H3. The quantitative estimate of drug-likeness (QED) is 0.727. The van der Waals surface area contributed by atoms with Gasteiger partial charge >= 0.3 is 0 Å². The fraction of sp³-hybridized carbons (Fsp3) is 0.526. The van der Waals surface area contributed by atoms with Gasteiger partial charge in [0.2, 0.25) is 0 Å². The first-order chi connectivity index (χ1) is 11.8. The van der Waals surface area contributed by atoms with Crippen LogP contribution in [0.4, 0.5) is 0 Å². The molecule has 0 N–H and O–H groups in total. The molecule has 2 fully saturated rings. The molecule has 5 heteroatoms. The van der Waals surface area contributed by atoms with Crippen LogP contribution in [0.5, 0.6) is 5.75 Å². The Labute approximate surface area is 148 Å². The minimum Gasteiger partial charge on any atom is -0.497 e. The molecule has 0 atom stereocenters. The number of rotatable bonds is 6. The zero-order chi connectivity index (χ0) is 16.5. The predicted octanol–water partition coefficient (Wildman–Crippen LogP) is 4.38. The van der Waals surface area contributed by atoms with E-state index in [-0.39, 0.29) is 0 Å². The number of nitrogens with zero attached hydrogens (tertiary/aromatic N) is 3. The molecule has 4 nitrogen and oxygen atoms in total. The lowest BCUT2D eigenvalue weighted by Crippen LogP contribution is -2.36. The Morgan fingerprint density at radius 1 is 1.04 bits per heavy atom. The van der Waals surface area contributed by atoms with Gasteiger partial charge in [0.1, 0.15) is 5.75 Å². The minimum atomic E-state index is 0.753. The molecule has 24 heavy (non-hydrogen) atoms. The molecule has 0 radical (unpaired) electrons. The van der Waals surface area contributed by atoms with E-state index in [4.69, 9.17) is 17.0 Å². The van der Waals surface area contributed by atoms with Gasteiger partial charge in [-0.15, -0.1) is 0 Å². The van der Waals surface area contributed by atoms with Crippen molar-refractivity contribution in [1.82, 2.24) is 14.0 Å². The van der Waals surface area contributed by atoms with Crippen LogP contribution < -0.4 is 4.74 Å². The molecular formula is C19H25N3OS. The van der Waals surface area contributed by atoms with Crippen molar-refractivity contribution in [2.75, 3.05) is 7.11 Å². The lowest BCUT2D eigenvalue weighted by molar-refractivity contribution is 0.142. The Balaban J connectivity index is 1.55. The molecule has 1 heterocycles. The molecule has 0 amide bonds. The van der Waals surface area contributed by atoms with Crippen molar-refractivity contribution in [1.29, 1.82) is 0 Å². The molecule has 4 rings (SSSR count). The normalized spacial score (nSPS) is 18.4. The molecule has 0 unspecified atom stereocenters. The lowest BCUT2D eigenvalue weighted by Gasteiger charge is -2.29. The highest BCUT2D eigenvalue weighted by Gasteiger charge is 2.35. The number of hydrogen-bond acceptors (Lipinski definition) is 3. The summed E-state index contributed by atoms with van der Waals surface area (Å²) < 4.78 is 10.4. The molecule has 1 aromatic carbocycles. The minimum absolute atomic E-state index is 0.753. The summed E-state index contributed by atoms with van der Waals surface area (Å²) in [5, 5.41) is 0. The molecule has 0 bridgehead atoms. The fourth-order valence-corrected chi connectivity index (χ4v) is 4.09. The van der Waals surface area contributed by atoms with E-state index in [1.54, 1.807) is 7.11 Å². The number of aromatic nitrogens is 2. The molecule has 1 aromatic heterocycles. The molecule has 0 saturated heterocycles. The van der Waals surface area contributed by atoms with Crippen LogP contribution in [0.3, 0.4) is 0 Å². The Morgan fingerprint density at radius 3 is 2.33 bits per heavy atom. The lowest BCUT2D eigenvalue weighted by atomic mass is 10.2.